The lowest BCUT2D eigenvalue weighted by Gasteiger charge is -2.37. The number of rotatable bonds is 4. The van der Waals surface area contributed by atoms with Crippen LogP contribution in [0.3, 0.4) is 0 Å². The number of carbonyl (C=O) groups is 2. The topological polar surface area (TPSA) is 88.6 Å². The molecule has 3 N–H and O–H groups in total. The van der Waals surface area contributed by atoms with Crippen molar-refractivity contribution in [1.29, 1.82) is 0 Å². The Kier molecular flexibility index (Phi) is 4.51. The smallest absolute Gasteiger partial charge is 0.251 e. The van der Waals surface area contributed by atoms with Gasteiger partial charge in [-0.1, -0.05) is 11.6 Å². The first kappa shape index (κ1) is 16.8. The zero-order valence-corrected chi connectivity index (χ0v) is 14.0. The number of aryl methyl sites for hydroxylation is 1. The molecule has 3 rings (SSSR count). The van der Waals surface area contributed by atoms with Crippen molar-refractivity contribution in [3.8, 4) is 0 Å². The number of aromatic nitrogens is 1. The van der Waals surface area contributed by atoms with E-state index in [9.17, 15) is 14.7 Å². The summed E-state index contributed by atoms with van der Waals surface area (Å²) in [4.78, 5) is 25.3. The highest BCUT2D eigenvalue weighted by Gasteiger charge is 2.39. The maximum absolute atomic E-state index is 12.4. The third kappa shape index (κ3) is 3.25. The van der Waals surface area contributed by atoms with Gasteiger partial charge in [0.2, 0.25) is 5.91 Å². The molecule has 2 aromatic rings. The van der Waals surface area contributed by atoms with E-state index in [1.807, 2.05) is 35.0 Å². The van der Waals surface area contributed by atoms with Crippen LogP contribution in [0.2, 0.25) is 5.02 Å². The van der Waals surface area contributed by atoms with Gasteiger partial charge in [0.15, 0.2) is 5.60 Å². The van der Waals surface area contributed by atoms with Crippen molar-refractivity contribution < 1.29 is 14.7 Å². The highest BCUT2D eigenvalue weighted by Crippen LogP contribution is 2.23. The molecule has 0 radical (unpaired) electrons. The summed E-state index contributed by atoms with van der Waals surface area (Å²) in [5.41, 5.74) is 4.65. The molecule has 1 fully saturated rings. The molecule has 1 unspecified atom stereocenters. The first-order valence-corrected chi connectivity index (χ1v) is 8.31. The average Bonchev–Trinajstić information content (AvgIpc) is 2.94. The number of amides is 2. The van der Waals surface area contributed by atoms with Gasteiger partial charge < -0.3 is 20.3 Å². The van der Waals surface area contributed by atoms with Crippen LogP contribution in [0.1, 0.15) is 19.3 Å². The number of piperidine rings is 1. The Morgan fingerprint density at radius 1 is 1.33 bits per heavy atom. The Morgan fingerprint density at radius 2 is 2.12 bits per heavy atom. The van der Waals surface area contributed by atoms with Crippen molar-refractivity contribution in [2.75, 3.05) is 13.1 Å². The van der Waals surface area contributed by atoms with Gasteiger partial charge in [0.05, 0.1) is 6.54 Å². The lowest BCUT2D eigenvalue weighted by Crippen LogP contribution is -2.57. The first-order chi connectivity index (χ1) is 11.4. The Hall–Kier alpha value is -2.05. The van der Waals surface area contributed by atoms with Gasteiger partial charge in [0, 0.05) is 41.6 Å². The molecule has 7 heteroatoms. The van der Waals surface area contributed by atoms with E-state index in [4.69, 9.17) is 17.3 Å². The number of nitrogens with two attached hydrogens (primary N) is 1. The molecule has 1 aliphatic heterocycles. The molecule has 2 amide bonds. The molecule has 0 saturated carbocycles. The fourth-order valence-electron chi connectivity index (χ4n) is 3.19. The summed E-state index contributed by atoms with van der Waals surface area (Å²) in [5.74, 6) is -0.863. The van der Waals surface area contributed by atoms with Gasteiger partial charge in [-0.25, -0.2) is 0 Å². The predicted molar refractivity (Wildman–Crippen MR) is 91.5 cm³/mol. The molecular formula is C17H20ClN3O3. The second-order valence-electron chi connectivity index (χ2n) is 6.28. The summed E-state index contributed by atoms with van der Waals surface area (Å²) >= 11 is 5.98. The summed E-state index contributed by atoms with van der Waals surface area (Å²) in [6.45, 7) is 1.04. The summed E-state index contributed by atoms with van der Waals surface area (Å²) in [6, 6.07) is 7.58. The molecule has 1 atom stereocenters. The molecule has 24 heavy (non-hydrogen) atoms. The Morgan fingerprint density at radius 3 is 2.88 bits per heavy atom. The number of hydrogen-bond acceptors (Lipinski definition) is 3. The van der Waals surface area contributed by atoms with E-state index in [-0.39, 0.29) is 12.5 Å². The minimum atomic E-state index is -1.61. The third-order valence-corrected chi connectivity index (χ3v) is 4.82. The maximum Gasteiger partial charge on any atom is 0.251 e. The molecule has 1 aromatic carbocycles. The van der Waals surface area contributed by atoms with Crippen LogP contribution in [0.5, 0.6) is 0 Å². The highest BCUT2D eigenvalue weighted by atomic mass is 35.5. The molecule has 0 aliphatic carbocycles. The maximum atomic E-state index is 12.4. The van der Waals surface area contributed by atoms with Crippen LogP contribution in [0.4, 0.5) is 0 Å². The van der Waals surface area contributed by atoms with Crippen molar-refractivity contribution in [1.82, 2.24) is 9.47 Å². The van der Waals surface area contributed by atoms with E-state index in [1.165, 1.54) is 4.90 Å². The Bertz CT molecular complexity index is 788. The number of nitrogens with zero attached hydrogens (tertiary/aromatic N) is 2. The van der Waals surface area contributed by atoms with E-state index in [2.05, 4.69) is 0 Å². The summed E-state index contributed by atoms with van der Waals surface area (Å²) in [6.07, 6.45) is 3.08. The molecule has 6 nitrogen and oxygen atoms in total. The van der Waals surface area contributed by atoms with Gasteiger partial charge in [-0.15, -0.1) is 0 Å². The number of likely N-dealkylation sites (tertiary alicyclic amines) is 1. The number of aliphatic hydroxyl groups is 1. The van der Waals surface area contributed by atoms with Crippen LogP contribution in [-0.4, -0.2) is 45.1 Å². The van der Waals surface area contributed by atoms with Crippen molar-refractivity contribution in [3.63, 3.8) is 0 Å². The molecular weight excluding hydrogens is 330 g/mol. The number of hydrogen-bond donors (Lipinski definition) is 2. The molecule has 1 saturated heterocycles. The zero-order chi connectivity index (χ0) is 17.3. The zero-order valence-electron chi connectivity index (χ0n) is 13.2. The van der Waals surface area contributed by atoms with Crippen LogP contribution < -0.4 is 5.73 Å². The van der Waals surface area contributed by atoms with Gasteiger partial charge >= 0.3 is 0 Å². The number of primary amides is 1. The van der Waals surface area contributed by atoms with Crippen molar-refractivity contribution >= 4 is 34.3 Å². The number of β-amino-alcohol motifs (C(OH)–C–C–N with tert-alkyl or cyclic N) is 1. The molecule has 2 heterocycles. The number of carbonyl (C=O) groups excluding carboxylic acids is 2. The molecule has 1 aromatic heterocycles. The quantitative estimate of drug-likeness (QED) is 0.877. The second kappa shape index (κ2) is 6.45. The van der Waals surface area contributed by atoms with Gasteiger partial charge in [0.1, 0.15) is 0 Å². The van der Waals surface area contributed by atoms with Gasteiger partial charge in [0.25, 0.3) is 5.91 Å². The number of benzene rings is 1. The van der Waals surface area contributed by atoms with E-state index < -0.39 is 11.5 Å². The van der Waals surface area contributed by atoms with Crippen LogP contribution in [-0.2, 0) is 16.1 Å². The second-order valence-corrected chi connectivity index (χ2v) is 6.71. The fourth-order valence-corrected chi connectivity index (χ4v) is 3.37. The van der Waals surface area contributed by atoms with Crippen LogP contribution in [0.25, 0.3) is 10.9 Å². The van der Waals surface area contributed by atoms with Crippen LogP contribution in [0.15, 0.2) is 30.5 Å². The molecule has 0 spiro atoms. The third-order valence-electron chi connectivity index (χ3n) is 4.58. The predicted octanol–water partition coefficient (Wildman–Crippen LogP) is 1.52. The van der Waals surface area contributed by atoms with Crippen LogP contribution in [0, 0.1) is 0 Å². The summed E-state index contributed by atoms with van der Waals surface area (Å²) in [5, 5.41) is 11.9. The van der Waals surface area contributed by atoms with Crippen LogP contribution >= 0.6 is 11.6 Å². The number of halogens is 1. The minimum Gasteiger partial charge on any atom is -0.378 e. The minimum absolute atomic E-state index is 0.0246. The van der Waals surface area contributed by atoms with Crippen molar-refractivity contribution in [2.45, 2.75) is 31.4 Å². The first-order valence-electron chi connectivity index (χ1n) is 7.93. The largest absolute Gasteiger partial charge is 0.378 e. The van der Waals surface area contributed by atoms with E-state index in [1.54, 1.807) is 0 Å². The van der Waals surface area contributed by atoms with E-state index >= 15 is 0 Å². The molecule has 128 valence electrons. The van der Waals surface area contributed by atoms with Crippen molar-refractivity contribution in [3.05, 3.63) is 35.5 Å². The van der Waals surface area contributed by atoms with Gasteiger partial charge in [-0.05, 0) is 37.1 Å². The lowest BCUT2D eigenvalue weighted by molar-refractivity contribution is -0.149. The Labute approximate surface area is 144 Å². The van der Waals surface area contributed by atoms with Gasteiger partial charge in [-0.2, -0.15) is 0 Å². The fraction of sp³-hybridized carbons (Fsp3) is 0.412. The molecule has 1 aliphatic rings. The van der Waals surface area contributed by atoms with E-state index in [0.717, 1.165) is 10.9 Å². The summed E-state index contributed by atoms with van der Waals surface area (Å²) in [7, 11) is 0. The Balaban J connectivity index is 1.65. The standard InChI is InChI=1S/C17H20ClN3O3/c18-13-2-3-14-12(10-13)4-8-20(14)9-5-15(22)21-7-1-6-17(24,11-21)16(19)23/h2-4,8,10,24H,1,5-7,9,11H2,(H2,19,23). The van der Waals surface area contributed by atoms with Crippen molar-refractivity contribution in [2.24, 2.45) is 5.73 Å². The SMILES string of the molecule is NC(=O)C1(O)CCCN(C(=O)CCn2ccc3cc(Cl)ccc32)C1. The number of fused-ring (bicyclic) bond motifs is 1. The lowest BCUT2D eigenvalue weighted by atomic mass is 9.92. The normalized spacial score (nSPS) is 21.2. The van der Waals surface area contributed by atoms with E-state index in [0.29, 0.717) is 37.4 Å². The average molecular weight is 350 g/mol. The summed E-state index contributed by atoms with van der Waals surface area (Å²) < 4.78 is 1.99. The monoisotopic (exact) mass is 349 g/mol. The molecule has 0 bridgehead atoms. The highest BCUT2D eigenvalue weighted by molar-refractivity contribution is 6.31. The van der Waals surface area contributed by atoms with Gasteiger partial charge in [-0.3, -0.25) is 9.59 Å².